The molecule has 0 saturated carbocycles. The first-order chi connectivity index (χ1) is 15.9. The van der Waals surface area contributed by atoms with Gasteiger partial charge in [-0.3, -0.25) is 4.79 Å². The van der Waals surface area contributed by atoms with Crippen LogP contribution in [0.25, 0.3) is 27.7 Å². The Balaban J connectivity index is 1.57. The summed E-state index contributed by atoms with van der Waals surface area (Å²) in [5.41, 5.74) is 3.93. The molecule has 6 nitrogen and oxygen atoms in total. The lowest BCUT2D eigenvalue weighted by atomic mass is 10.1. The van der Waals surface area contributed by atoms with Crippen LogP contribution in [-0.2, 0) is 6.54 Å². The van der Waals surface area contributed by atoms with Gasteiger partial charge in [0.15, 0.2) is 0 Å². The summed E-state index contributed by atoms with van der Waals surface area (Å²) in [5.74, 6) is -1.41. The van der Waals surface area contributed by atoms with E-state index >= 15 is 0 Å². The molecular formula is C25H17F2N5O. The predicted octanol–water partition coefficient (Wildman–Crippen LogP) is 4.91. The van der Waals surface area contributed by atoms with E-state index in [0.717, 1.165) is 17.3 Å². The highest BCUT2D eigenvalue weighted by atomic mass is 19.1. The molecule has 0 aliphatic carbocycles. The molecule has 33 heavy (non-hydrogen) atoms. The van der Waals surface area contributed by atoms with Crippen LogP contribution in [0.2, 0.25) is 0 Å². The zero-order valence-corrected chi connectivity index (χ0v) is 17.5. The van der Waals surface area contributed by atoms with Gasteiger partial charge in [-0.25, -0.2) is 8.78 Å². The topological polar surface area (TPSA) is 86.0 Å². The van der Waals surface area contributed by atoms with Gasteiger partial charge in [0, 0.05) is 23.9 Å². The summed E-state index contributed by atoms with van der Waals surface area (Å²) in [6, 6.07) is 18.0. The Labute approximate surface area is 186 Å². The van der Waals surface area contributed by atoms with E-state index in [1.807, 2.05) is 12.1 Å². The van der Waals surface area contributed by atoms with Crippen LogP contribution in [0.1, 0.15) is 16.8 Å². The third-order valence-electron chi connectivity index (χ3n) is 5.54. The first-order valence-corrected chi connectivity index (χ1v) is 10.2. The minimum atomic E-state index is -0.730. The summed E-state index contributed by atoms with van der Waals surface area (Å²) in [5, 5.41) is 16.9. The average Bonchev–Trinajstić information content (AvgIpc) is 3.14. The lowest BCUT2D eigenvalue weighted by Crippen LogP contribution is -2.15. The van der Waals surface area contributed by atoms with Gasteiger partial charge in [-0.15, -0.1) is 0 Å². The van der Waals surface area contributed by atoms with E-state index in [-0.39, 0.29) is 11.1 Å². The second kappa shape index (κ2) is 7.88. The highest BCUT2D eigenvalue weighted by Crippen LogP contribution is 2.30. The van der Waals surface area contributed by atoms with Gasteiger partial charge in [0.1, 0.15) is 17.3 Å². The normalized spacial score (nSPS) is 11.1. The summed E-state index contributed by atoms with van der Waals surface area (Å²) in [6.45, 7) is 2.20. The number of nitrogens with zero attached hydrogens (tertiary/aromatic N) is 3. The SMILES string of the molecule is Cc1nn2c(=O)c3ccc(NCc4ccc(C#N)cc4)cc3[nH]c2c1-c1ccc(F)cc1F. The maximum Gasteiger partial charge on any atom is 0.282 e. The molecule has 0 spiro atoms. The fourth-order valence-corrected chi connectivity index (χ4v) is 3.89. The Morgan fingerprint density at radius 1 is 1.09 bits per heavy atom. The lowest BCUT2D eigenvalue weighted by Gasteiger charge is -2.09. The van der Waals surface area contributed by atoms with E-state index in [1.165, 1.54) is 16.6 Å². The van der Waals surface area contributed by atoms with Crippen molar-refractivity contribution < 1.29 is 8.78 Å². The molecule has 0 unspecified atom stereocenters. The third kappa shape index (κ3) is 3.59. The van der Waals surface area contributed by atoms with Crippen LogP contribution < -0.4 is 10.9 Å². The smallest absolute Gasteiger partial charge is 0.282 e. The minimum absolute atomic E-state index is 0.161. The van der Waals surface area contributed by atoms with Gasteiger partial charge in [-0.1, -0.05) is 12.1 Å². The average molecular weight is 441 g/mol. The largest absolute Gasteiger partial charge is 0.381 e. The van der Waals surface area contributed by atoms with Crippen molar-refractivity contribution in [3.05, 3.63) is 99.5 Å². The molecule has 0 saturated heterocycles. The monoisotopic (exact) mass is 441 g/mol. The number of hydrogen-bond acceptors (Lipinski definition) is 4. The predicted molar refractivity (Wildman–Crippen MR) is 122 cm³/mol. The zero-order valence-electron chi connectivity index (χ0n) is 17.5. The van der Waals surface area contributed by atoms with Crippen LogP contribution in [0.15, 0.2) is 65.5 Å². The molecule has 0 amide bonds. The fourth-order valence-electron chi connectivity index (χ4n) is 3.89. The third-order valence-corrected chi connectivity index (χ3v) is 5.54. The summed E-state index contributed by atoms with van der Waals surface area (Å²) in [7, 11) is 0. The number of rotatable bonds is 4. The number of nitrogens with one attached hydrogen (secondary N) is 2. The molecule has 0 radical (unpaired) electrons. The number of aromatic amines is 1. The molecule has 0 bridgehead atoms. The zero-order chi connectivity index (χ0) is 23.1. The van der Waals surface area contributed by atoms with Crippen LogP contribution in [0.4, 0.5) is 14.5 Å². The summed E-state index contributed by atoms with van der Waals surface area (Å²) >= 11 is 0. The minimum Gasteiger partial charge on any atom is -0.381 e. The van der Waals surface area contributed by atoms with Crippen molar-refractivity contribution in [2.75, 3.05) is 5.32 Å². The number of anilines is 1. The van der Waals surface area contributed by atoms with Crippen molar-refractivity contribution in [2.45, 2.75) is 13.5 Å². The first kappa shape index (κ1) is 20.4. The van der Waals surface area contributed by atoms with Crippen molar-refractivity contribution in [3.63, 3.8) is 0 Å². The Kier molecular flexibility index (Phi) is 4.87. The maximum absolute atomic E-state index is 14.5. The van der Waals surface area contributed by atoms with Gasteiger partial charge in [-0.2, -0.15) is 14.9 Å². The Hall–Kier alpha value is -4.51. The number of nitriles is 1. The second-order valence-electron chi connectivity index (χ2n) is 7.70. The molecule has 2 aromatic heterocycles. The first-order valence-electron chi connectivity index (χ1n) is 10.2. The van der Waals surface area contributed by atoms with Gasteiger partial charge in [0.05, 0.1) is 33.8 Å². The van der Waals surface area contributed by atoms with Gasteiger partial charge in [0.25, 0.3) is 5.56 Å². The molecule has 5 aromatic rings. The van der Waals surface area contributed by atoms with Gasteiger partial charge >= 0.3 is 0 Å². The molecule has 0 aliphatic rings. The van der Waals surface area contributed by atoms with Crippen LogP contribution in [-0.4, -0.2) is 14.6 Å². The van der Waals surface area contributed by atoms with Crippen molar-refractivity contribution in [2.24, 2.45) is 0 Å². The van der Waals surface area contributed by atoms with Crippen LogP contribution in [0, 0.1) is 29.9 Å². The van der Waals surface area contributed by atoms with Crippen molar-refractivity contribution in [3.8, 4) is 17.2 Å². The highest BCUT2D eigenvalue weighted by Gasteiger charge is 2.19. The van der Waals surface area contributed by atoms with E-state index in [9.17, 15) is 13.6 Å². The Morgan fingerprint density at radius 2 is 1.88 bits per heavy atom. The molecule has 162 valence electrons. The van der Waals surface area contributed by atoms with Crippen molar-refractivity contribution >= 4 is 22.2 Å². The van der Waals surface area contributed by atoms with Crippen molar-refractivity contribution in [1.82, 2.24) is 14.6 Å². The molecule has 0 aliphatic heterocycles. The van der Waals surface area contributed by atoms with Gasteiger partial charge in [0.2, 0.25) is 0 Å². The lowest BCUT2D eigenvalue weighted by molar-refractivity contribution is 0.585. The molecular weight excluding hydrogens is 424 g/mol. The number of halogens is 2. The van der Waals surface area contributed by atoms with Gasteiger partial charge in [-0.05, 0) is 55.0 Å². The van der Waals surface area contributed by atoms with Gasteiger partial charge < -0.3 is 10.3 Å². The van der Waals surface area contributed by atoms with Crippen LogP contribution in [0.5, 0.6) is 0 Å². The van der Waals surface area contributed by atoms with E-state index in [0.29, 0.717) is 39.9 Å². The van der Waals surface area contributed by atoms with Crippen LogP contribution >= 0.6 is 0 Å². The standard InChI is InChI=1S/C25H17F2N5O/c1-14-23(19-8-6-17(26)10-21(19)27)24-30-22-11-18(7-9-20(22)25(33)32(24)31-14)29-13-16-4-2-15(12-28)3-5-16/h2-11,29-30H,13H2,1H3. The summed E-state index contributed by atoms with van der Waals surface area (Å²) in [6.07, 6.45) is 0. The molecule has 0 atom stereocenters. The second-order valence-corrected chi connectivity index (χ2v) is 7.70. The molecule has 2 heterocycles. The molecule has 3 aromatic carbocycles. The molecule has 0 fully saturated rings. The molecule has 8 heteroatoms. The Morgan fingerprint density at radius 3 is 2.61 bits per heavy atom. The summed E-state index contributed by atoms with van der Waals surface area (Å²) < 4.78 is 29.1. The number of H-pyrrole nitrogens is 1. The number of hydrogen-bond donors (Lipinski definition) is 2. The number of aryl methyl sites for hydroxylation is 1. The molecule has 2 N–H and O–H groups in total. The number of aromatic nitrogens is 3. The summed E-state index contributed by atoms with van der Waals surface area (Å²) in [4.78, 5) is 16.3. The Bertz CT molecular complexity index is 1630. The maximum atomic E-state index is 14.5. The fraction of sp³-hybridized carbons (Fsp3) is 0.0800. The highest BCUT2D eigenvalue weighted by molar-refractivity contribution is 5.88. The van der Waals surface area contributed by atoms with E-state index in [1.54, 1.807) is 37.3 Å². The van der Waals surface area contributed by atoms with E-state index < -0.39 is 11.6 Å². The number of benzene rings is 3. The van der Waals surface area contributed by atoms with E-state index in [2.05, 4.69) is 21.5 Å². The quantitative estimate of drug-likeness (QED) is 0.415. The number of fused-ring (bicyclic) bond motifs is 2. The molecule has 5 rings (SSSR count). The van der Waals surface area contributed by atoms with Crippen molar-refractivity contribution in [1.29, 1.82) is 5.26 Å². The van der Waals surface area contributed by atoms with E-state index in [4.69, 9.17) is 5.26 Å². The van der Waals surface area contributed by atoms with Crippen LogP contribution in [0.3, 0.4) is 0 Å².